The first-order valence-electron chi connectivity index (χ1n) is 6.71. The molecule has 1 spiro atoms. The zero-order valence-electron chi connectivity index (χ0n) is 11.0. The van der Waals surface area contributed by atoms with E-state index in [1.807, 2.05) is 0 Å². The van der Waals surface area contributed by atoms with E-state index >= 15 is 0 Å². The van der Waals surface area contributed by atoms with Crippen LogP contribution in [0.25, 0.3) is 0 Å². The zero-order chi connectivity index (χ0) is 12.3. The van der Waals surface area contributed by atoms with Gasteiger partial charge in [-0.25, -0.2) is 0 Å². The van der Waals surface area contributed by atoms with Crippen molar-refractivity contribution >= 4 is 22.4 Å². The molecule has 0 amide bonds. The SMILES string of the molecule is C/C=C/C[Se]1(Cl)C[C@]23CC[C@H](C[C@H]2O1)C3(C)C. The molecule has 1 aliphatic heterocycles. The van der Waals surface area contributed by atoms with Gasteiger partial charge in [0.15, 0.2) is 0 Å². The molecule has 0 aromatic carbocycles. The van der Waals surface area contributed by atoms with Crippen LogP contribution < -0.4 is 0 Å². The molecule has 1 nitrogen and oxygen atoms in total. The molecule has 98 valence electrons. The van der Waals surface area contributed by atoms with Gasteiger partial charge in [0, 0.05) is 0 Å². The van der Waals surface area contributed by atoms with E-state index in [0.717, 1.165) is 11.2 Å². The quantitative estimate of drug-likeness (QED) is 0.538. The number of hydrogen-bond donors (Lipinski definition) is 0. The second-order valence-electron chi connectivity index (χ2n) is 6.54. The summed E-state index contributed by atoms with van der Waals surface area (Å²) in [5.74, 6) is 0.882. The molecule has 2 saturated carbocycles. The Morgan fingerprint density at radius 2 is 2.24 bits per heavy atom. The summed E-state index contributed by atoms with van der Waals surface area (Å²) < 4.78 is 6.41. The van der Waals surface area contributed by atoms with E-state index in [2.05, 4.69) is 32.9 Å². The Morgan fingerprint density at radius 3 is 2.82 bits per heavy atom. The fourth-order valence-electron chi connectivity index (χ4n) is 4.44. The predicted octanol–water partition coefficient (Wildman–Crippen LogP) is 4.47. The molecular weight excluding hydrogens is 299 g/mol. The third-order valence-corrected chi connectivity index (χ3v) is 11.9. The van der Waals surface area contributed by atoms with Gasteiger partial charge in [-0.1, -0.05) is 0 Å². The summed E-state index contributed by atoms with van der Waals surface area (Å²) in [5, 5.41) is 2.21. The standard InChI is InChI=1S/C14H23ClOSe/c1-4-5-8-17(15)10-14-7-6-11(13(14,2)3)9-12(14)16-17/h4-5,11-12H,6-10H2,1-3H3/b5-4+/t11-,12-,14-/m1/s1. The molecule has 2 bridgehead atoms. The third kappa shape index (κ3) is 1.54. The van der Waals surface area contributed by atoms with Crippen molar-refractivity contribution in [2.24, 2.45) is 16.7 Å². The first kappa shape index (κ1) is 12.5. The molecule has 2 aliphatic carbocycles. The molecule has 1 heterocycles. The van der Waals surface area contributed by atoms with Crippen molar-refractivity contribution in [3.8, 4) is 0 Å². The Labute approximate surface area is 112 Å². The van der Waals surface area contributed by atoms with Crippen molar-refractivity contribution in [2.45, 2.75) is 56.8 Å². The fourth-order valence-corrected chi connectivity index (χ4v) is 12.4. The minimum atomic E-state index is -2.17. The number of hydrogen-bond acceptors (Lipinski definition) is 1. The van der Waals surface area contributed by atoms with E-state index in [0.29, 0.717) is 16.9 Å². The van der Waals surface area contributed by atoms with Gasteiger partial charge in [-0.15, -0.1) is 0 Å². The number of allylic oxidation sites excluding steroid dienone is 2. The Bertz CT molecular complexity index is 367. The molecule has 3 heteroatoms. The average molecular weight is 322 g/mol. The van der Waals surface area contributed by atoms with E-state index in [9.17, 15) is 0 Å². The van der Waals surface area contributed by atoms with Crippen molar-refractivity contribution in [3.05, 3.63) is 12.2 Å². The molecule has 0 radical (unpaired) electrons. The number of fused-ring (bicyclic) bond motifs is 1. The predicted molar refractivity (Wildman–Crippen MR) is 74.5 cm³/mol. The summed E-state index contributed by atoms with van der Waals surface area (Å²) in [6.07, 6.45) is 8.84. The molecule has 0 N–H and O–H groups in total. The van der Waals surface area contributed by atoms with Crippen molar-refractivity contribution < 1.29 is 3.82 Å². The molecule has 3 rings (SSSR count). The number of halogens is 1. The molecule has 1 unspecified atom stereocenters. The molecular formula is C14H23ClOSe. The van der Waals surface area contributed by atoms with Gasteiger partial charge in [0.2, 0.25) is 0 Å². The summed E-state index contributed by atoms with van der Waals surface area (Å²) in [7, 11) is 6.85. The van der Waals surface area contributed by atoms with Crippen LogP contribution >= 0.6 is 10.1 Å². The maximum absolute atomic E-state index is 6.85. The van der Waals surface area contributed by atoms with Crippen LogP contribution in [0.5, 0.6) is 0 Å². The first-order chi connectivity index (χ1) is 7.94. The van der Waals surface area contributed by atoms with E-state index in [1.54, 1.807) is 0 Å². The van der Waals surface area contributed by atoms with Crippen molar-refractivity contribution in [1.82, 2.24) is 0 Å². The monoisotopic (exact) mass is 322 g/mol. The minimum absolute atomic E-state index is 0.432. The van der Waals surface area contributed by atoms with Crippen LogP contribution in [0.2, 0.25) is 10.6 Å². The summed E-state index contributed by atoms with van der Waals surface area (Å²) in [6, 6.07) is 0. The summed E-state index contributed by atoms with van der Waals surface area (Å²) in [6.45, 7) is 6.99. The van der Waals surface area contributed by atoms with Crippen LogP contribution in [-0.4, -0.2) is 18.4 Å². The summed E-state index contributed by atoms with van der Waals surface area (Å²) in [5.41, 5.74) is 0.891. The van der Waals surface area contributed by atoms with Crippen molar-refractivity contribution in [3.63, 3.8) is 0 Å². The molecule has 4 atom stereocenters. The van der Waals surface area contributed by atoms with Gasteiger partial charge in [0.1, 0.15) is 0 Å². The van der Waals surface area contributed by atoms with E-state index in [4.69, 9.17) is 13.9 Å². The van der Waals surface area contributed by atoms with Gasteiger partial charge in [0.05, 0.1) is 0 Å². The number of rotatable bonds is 2. The fraction of sp³-hybridized carbons (Fsp3) is 0.857. The first-order valence-corrected chi connectivity index (χ1v) is 12.1. The zero-order valence-corrected chi connectivity index (χ0v) is 13.5. The molecule has 3 fully saturated rings. The summed E-state index contributed by atoms with van der Waals surface area (Å²) >= 11 is -2.17. The average Bonchev–Trinajstić information content (AvgIpc) is 2.76. The Hall–Kier alpha value is 0.509. The van der Waals surface area contributed by atoms with Crippen LogP contribution in [0, 0.1) is 16.7 Å². The second kappa shape index (κ2) is 3.76. The van der Waals surface area contributed by atoms with Gasteiger partial charge in [0.25, 0.3) is 0 Å². The van der Waals surface area contributed by atoms with Gasteiger partial charge < -0.3 is 0 Å². The molecule has 0 aromatic rings. The van der Waals surface area contributed by atoms with Gasteiger partial charge in [-0.05, 0) is 0 Å². The Morgan fingerprint density at radius 1 is 1.47 bits per heavy atom. The molecule has 0 aromatic heterocycles. The van der Waals surface area contributed by atoms with Crippen LogP contribution in [0.3, 0.4) is 0 Å². The second-order valence-corrected chi connectivity index (χ2v) is 14.2. The third-order valence-electron chi connectivity index (χ3n) is 5.70. The van der Waals surface area contributed by atoms with Gasteiger partial charge >= 0.3 is 112 Å². The molecule has 17 heavy (non-hydrogen) atoms. The molecule has 3 aliphatic rings. The molecule has 1 saturated heterocycles. The Kier molecular flexibility index (Phi) is 2.77. The van der Waals surface area contributed by atoms with Crippen LogP contribution in [0.4, 0.5) is 0 Å². The van der Waals surface area contributed by atoms with Crippen LogP contribution in [0.15, 0.2) is 12.2 Å². The summed E-state index contributed by atoms with van der Waals surface area (Å²) in [4.78, 5) is 0. The van der Waals surface area contributed by atoms with Gasteiger partial charge in [-0.3, -0.25) is 0 Å². The topological polar surface area (TPSA) is 9.23 Å². The maximum atomic E-state index is 6.85. The van der Waals surface area contributed by atoms with E-state index < -0.39 is 12.3 Å². The Balaban J connectivity index is 1.88. The van der Waals surface area contributed by atoms with E-state index in [-0.39, 0.29) is 0 Å². The van der Waals surface area contributed by atoms with Crippen molar-refractivity contribution in [2.75, 3.05) is 0 Å². The van der Waals surface area contributed by atoms with Crippen LogP contribution in [-0.2, 0) is 3.82 Å². The van der Waals surface area contributed by atoms with Crippen LogP contribution in [0.1, 0.15) is 40.0 Å². The normalized spacial score (nSPS) is 55.1. The van der Waals surface area contributed by atoms with Crippen molar-refractivity contribution in [1.29, 1.82) is 0 Å². The van der Waals surface area contributed by atoms with E-state index in [1.165, 1.54) is 24.6 Å². The van der Waals surface area contributed by atoms with Gasteiger partial charge in [-0.2, -0.15) is 0 Å².